The number of carbonyl (C=O) groups excluding carboxylic acids is 2. The monoisotopic (exact) mass is 370 g/mol. The molecule has 2 aromatic rings. The van der Waals surface area contributed by atoms with E-state index in [1.165, 1.54) is 42.5 Å². The normalized spacial score (nSPS) is 16.4. The molecule has 3 amide bonds. The van der Waals surface area contributed by atoms with Gasteiger partial charge in [0, 0.05) is 23.5 Å². The van der Waals surface area contributed by atoms with Crippen LogP contribution in [-0.2, 0) is 4.79 Å². The lowest BCUT2D eigenvalue weighted by Crippen LogP contribution is -2.46. The number of hydrogen-bond acceptors (Lipinski definition) is 4. The highest BCUT2D eigenvalue weighted by Crippen LogP contribution is 2.28. The molecule has 0 fully saturated rings. The number of rotatable bonds is 4. The molecule has 0 spiro atoms. The highest BCUT2D eigenvalue weighted by atomic mass is 19.1. The van der Waals surface area contributed by atoms with Crippen molar-refractivity contribution in [3.8, 4) is 0 Å². The van der Waals surface area contributed by atoms with Crippen LogP contribution in [0.2, 0.25) is 0 Å². The Balaban J connectivity index is 1.90. The number of amides is 3. The van der Waals surface area contributed by atoms with Gasteiger partial charge in [-0.1, -0.05) is 12.1 Å². The molecule has 1 heterocycles. The number of hydrogen-bond donors (Lipinski definition) is 3. The van der Waals surface area contributed by atoms with E-state index in [1.54, 1.807) is 13.0 Å². The fourth-order valence-corrected chi connectivity index (χ4v) is 2.80. The smallest absolute Gasteiger partial charge is 0.319 e. The quantitative estimate of drug-likeness (QED) is 0.567. The Morgan fingerprint density at radius 1 is 1.22 bits per heavy atom. The molecule has 9 heteroatoms. The zero-order valence-electron chi connectivity index (χ0n) is 14.2. The summed E-state index contributed by atoms with van der Waals surface area (Å²) >= 11 is 0. The molecular formula is C18H15FN4O4. The van der Waals surface area contributed by atoms with E-state index in [1.807, 2.05) is 0 Å². The molecule has 0 aliphatic carbocycles. The largest absolute Gasteiger partial charge is 0.327 e. The third kappa shape index (κ3) is 3.92. The number of urea groups is 1. The van der Waals surface area contributed by atoms with E-state index in [4.69, 9.17) is 0 Å². The van der Waals surface area contributed by atoms with Gasteiger partial charge in [-0.25, -0.2) is 9.18 Å². The van der Waals surface area contributed by atoms with Crippen molar-refractivity contribution in [1.82, 2.24) is 10.6 Å². The highest BCUT2D eigenvalue weighted by molar-refractivity contribution is 6.06. The Kier molecular flexibility index (Phi) is 4.84. The number of allylic oxidation sites excluding steroid dienone is 1. The number of anilines is 1. The van der Waals surface area contributed by atoms with Crippen LogP contribution in [-0.4, -0.2) is 16.9 Å². The van der Waals surface area contributed by atoms with Gasteiger partial charge in [0.25, 0.3) is 11.6 Å². The topological polar surface area (TPSA) is 113 Å². The summed E-state index contributed by atoms with van der Waals surface area (Å²) < 4.78 is 13.6. The number of carbonyl (C=O) groups is 2. The number of halogens is 1. The van der Waals surface area contributed by atoms with E-state index in [2.05, 4.69) is 16.0 Å². The second-order valence-corrected chi connectivity index (χ2v) is 5.88. The number of nitro groups is 1. The van der Waals surface area contributed by atoms with Gasteiger partial charge < -0.3 is 16.0 Å². The summed E-state index contributed by atoms with van der Waals surface area (Å²) in [6.45, 7) is 1.57. The second-order valence-electron chi connectivity index (χ2n) is 5.88. The van der Waals surface area contributed by atoms with Gasteiger partial charge >= 0.3 is 6.03 Å². The molecule has 1 atom stereocenters. The number of benzene rings is 2. The number of nitro benzene ring substituents is 1. The predicted octanol–water partition coefficient (Wildman–Crippen LogP) is 3.00. The summed E-state index contributed by atoms with van der Waals surface area (Å²) in [5.74, 6) is -1.02. The minimum Gasteiger partial charge on any atom is -0.327 e. The second kappa shape index (κ2) is 7.24. The molecular weight excluding hydrogens is 355 g/mol. The molecule has 0 radical (unpaired) electrons. The molecule has 27 heavy (non-hydrogen) atoms. The van der Waals surface area contributed by atoms with E-state index in [-0.39, 0.29) is 11.3 Å². The average Bonchev–Trinajstić information content (AvgIpc) is 2.61. The van der Waals surface area contributed by atoms with Crippen LogP contribution in [0.5, 0.6) is 0 Å². The molecule has 0 aromatic heterocycles. The third-order valence-corrected chi connectivity index (χ3v) is 4.03. The van der Waals surface area contributed by atoms with Gasteiger partial charge in [0.2, 0.25) is 0 Å². The van der Waals surface area contributed by atoms with Crippen molar-refractivity contribution in [2.75, 3.05) is 5.32 Å². The van der Waals surface area contributed by atoms with E-state index in [9.17, 15) is 24.1 Å². The summed E-state index contributed by atoms with van der Waals surface area (Å²) in [5, 5.41) is 18.5. The van der Waals surface area contributed by atoms with Gasteiger partial charge in [0.1, 0.15) is 5.82 Å². The van der Waals surface area contributed by atoms with Crippen LogP contribution in [0.25, 0.3) is 0 Å². The molecule has 1 unspecified atom stereocenters. The van der Waals surface area contributed by atoms with Crippen LogP contribution >= 0.6 is 0 Å². The standard InChI is InChI=1S/C18H15FN4O4/c1-10-15(17(24)21-13-5-7-14(8-6-13)23(26)27)16(22-18(25)20-10)11-3-2-4-12(19)9-11/h2-9,16H,1H3,(H,21,24)(H2,20,22,25). The van der Waals surface area contributed by atoms with Crippen molar-refractivity contribution < 1.29 is 18.9 Å². The fraction of sp³-hybridized carbons (Fsp3) is 0.111. The maximum absolute atomic E-state index is 13.6. The summed E-state index contributed by atoms with van der Waals surface area (Å²) in [6.07, 6.45) is 0. The minimum atomic E-state index is -0.840. The first-order valence-corrected chi connectivity index (χ1v) is 7.94. The van der Waals surface area contributed by atoms with Gasteiger partial charge in [0.15, 0.2) is 0 Å². The molecule has 8 nitrogen and oxygen atoms in total. The number of non-ortho nitro benzene ring substituents is 1. The first-order valence-electron chi connectivity index (χ1n) is 7.94. The minimum absolute atomic E-state index is 0.104. The third-order valence-electron chi connectivity index (χ3n) is 4.03. The van der Waals surface area contributed by atoms with Gasteiger partial charge in [-0.05, 0) is 36.8 Å². The number of nitrogens with zero attached hydrogens (tertiary/aromatic N) is 1. The molecule has 1 aliphatic rings. The van der Waals surface area contributed by atoms with Crippen LogP contribution in [0.15, 0.2) is 59.8 Å². The SMILES string of the molecule is CC1=C(C(=O)Nc2ccc([N+](=O)[O-])cc2)C(c2cccc(F)c2)NC(=O)N1. The molecule has 0 saturated carbocycles. The molecule has 3 N–H and O–H groups in total. The predicted molar refractivity (Wildman–Crippen MR) is 95.2 cm³/mol. The summed E-state index contributed by atoms with van der Waals surface area (Å²) in [6, 6.07) is 9.58. The Bertz CT molecular complexity index is 956. The van der Waals surface area contributed by atoms with Crippen molar-refractivity contribution in [2.24, 2.45) is 0 Å². The number of nitrogens with one attached hydrogen (secondary N) is 3. The first-order chi connectivity index (χ1) is 12.8. The Labute approximate surface area is 153 Å². The van der Waals surface area contributed by atoms with E-state index in [0.29, 0.717) is 16.9 Å². The van der Waals surface area contributed by atoms with Gasteiger partial charge in [-0.3, -0.25) is 14.9 Å². The summed E-state index contributed by atoms with van der Waals surface area (Å²) in [4.78, 5) is 34.8. The molecule has 0 saturated heterocycles. The Morgan fingerprint density at radius 3 is 2.56 bits per heavy atom. The van der Waals surface area contributed by atoms with Crippen LogP contribution in [0.3, 0.4) is 0 Å². The van der Waals surface area contributed by atoms with E-state index < -0.39 is 28.7 Å². The molecule has 0 bridgehead atoms. The van der Waals surface area contributed by atoms with Gasteiger partial charge in [-0.2, -0.15) is 0 Å². The Hall–Kier alpha value is -3.75. The lowest BCUT2D eigenvalue weighted by Gasteiger charge is -2.28. The molecule has 1 aliphatic heterocycles. The zero-order valence-corrected chi connectivity index (χ0v) is 14.2. The first kappa shape index (κ1) is 18.1. The lowest BCUT2D eigenvalue weighted by molar-refractivity contribution is -0.384. The zero-order chi connectivity index (χ0) is 19.6. The summed E-state index contributed by atoms with van der Waals surface area (Å²) in [5.41, 5.74) is 1.19. The maximum Gasteiger partial charge on any atom is 0.319 e. The molecule has 3 rings (SSSR count). The van der Waals surface area contributed by atoms with Gasteiger partial charge in [-0.15, -0.1) is 0 Å². The highest BCUT2D eigenvalue weighted by Gasteiger charge is 2.31. The van der Waals surface area contributed by atoms with Gasteiger partial charge in [0.05, 0.1) is 16.5 Å². The van der Waals surface area contributed by atoms with Crippen LogP contribution in [0.4, 0.5) is 20.6 Å². The summed E-state index contributed by atoms with van der Waals surface area (Å²) in [7, 11) is 0. The van der Waals surface area contributed by atoms with Crippen molar-refractivity contribution in [3.63, 3.8) is 0 Å². The Morgan fingerprint density at radius 2 is 1.93 bits per heavy atom. The van der Waals surface area contributed by atoms with Crippen LogP contribution in [0, 0.1) is 15.9 Å². The maximum atomic E-state index is 13.6. The van der Waals surface area contributed by atoms with E-state index in [0.717, 1.165) is 0 Å². The lowest BCUT2D eigenvalue weighted by atomic mass is 9.94. The van der Waals surface area contributed by atoms with E-state index >= 15 is 0 Å². The van der Waals surface area contributed by atoms with Crippen molar-refractivity contribution in [1.29, 1.82) is 0 Å². The van der Waals surface area contributed by atoms with Crippen molar-refractivity contribution >= 4 is 23.3 Å². The van der Waals surface area contributed by atoms with Crippen LogP contribution < -0.4 is 16.0 Å². The molecule has 2 aromatic carbocycles. The van der Waals surface area contributed by atoms with Crippen LogP contribution in [0.1, 0.15) is 18.5 Å². The van der Waals surface area contributed by atoms with Crippen molar-refractivity contribution in [3.05, 3.63) is 81.3 Å². The average molecular weight is 370 g/mol. The van der Waals surface area contributed by atoms with Crippen molar-refractivity contribution in [2.45, 2.75) is 13.0 Å². The molecule has 138 valence electrons. The fourth-order valence-electron chi connectivity index (χ4n) is 2.80.